The van der Waals surface area contributed by atoms with Gasteiger partial charge in [-0.2, -0.15) is 0 Å². The zero-order valence-corrected chi connectivity index (χ0v) is 7.81. The molecule has 0 N–H and O–H groups in total. The molecule has 0 aromatic carbocycles. The molecule has 0 unspecified atom stereocenters. The Hall–Kier alpha value is -1.39. The molecule has 0 amide bonds. The van der Waals surface area contributed by atoms with Gasteiger partial charge in [-0.1, -0.05) is 0 Å². The van der Waals surface area contributed by atoms with E-state index in [1.165, 1.54) is 0 Å². The number of aromatic nitrogens is 3. The Labute approximate surface area is 72.0 Å². The summed E-state index contributed by atoms with van der Waals surface area (Å²) in [5.74, 6) is 0.829. The zero-order valence-electron chi connectivity index (χ0n) is 7.81. The van der Waals surface area contributed by atoms with Crippen LogP contribution in [-0.4, -0.2) is 43.6 Å². The van der Waals surface area contributed by atoms with Gasteiger partial charge in [0.25, 0.3) is 0 Å². The highest BCUT2D eigenvalue weighted by Crippen LogP contribution is 2.20. The molecule has 0 spiro atoms. The molecule has 5 heteroatoms. The Morgan fingerprint density at radius 3 is 2.17 bits per heavy atom. The average Bonchev–Trinajstić information content (AvgIpc) is 2.04. The summed E-state index contributed by atoms with van der Waals surface area (Å²) < 4.78 is 0. The largest absolute Gasteiger partial charge is 0.373 e. The molecule has 1 rings (SSSR count). The van der Waals surface area contributed by atoms with Gasteiger partial charge in [0.1, 0.15) is 5.69 Å². The Balaban J connectivity index is 3.09. The topological polar surface area (TPSA) is 45.2 Å². The summed E-state index contributed by atoms with van der Waals surface area (Å²) in [5.41, 5.74) is 0.968. The van der Waals surface area contributed by atoms with Gasteiger partial charge in [-0.15, -0.1) is 10.2 Å². The Kier molecular flexibility index (Phi) is 2.42. The second kappa shape index (κ2) is 3.34. The van der Waals surface area contributed by atoms with Gasteiger partial charge in [-0.3, -0.25) is 0 Å². The maximum atomic E-state index is 3.92. The van der Waals surface area contributed by atoms with Crippen LogP contribution >= 0.6 is 0 Å². The molecule has 0 aliphatic heterocycles. The van der Waals surface area contributed by atoms with Crippen LogP contribution in [0.15, 0.2) is 6.20 Å². The molecular weight excluding hydrogens is 154 g/mol. The van der Waals surface area contributed by atoms with Crippen LogP contribution in [0.4, 0.5) is 11.5 Å². The molecule has 5 nitrogen and oxygen atoms in total. The van der Waals surface area contributed by atoms with E-state index in [0.29, 0.717) is 0 Å². The van der Waals surface area contributed by atoms with Gasteiger partial charge < -0.3 is 9.80 Å². The van der Waals surface area contributed by atoms with Crippen molar-refractivity contribution in [3.05, 3.63) is 6.20 Å². The first-order chi connectivity index (χ1) is 5.63. The highest BCUT2D eigenvalue weighted by Gasteiger charge is 2.07. The van der Waals surface area contributed by atoms with Crippen LogP contribution in [0.3, 0.4) is 0 Å². The normalized spacial score (nSPS) is 9.67. The minimum atomic E-state index is 0.829. The summed E-state index contributed by atoms with van der Waals surface area (Å²) in [6, 6.07) is 0. The van der Waals surface area contributed by atoms with Crippen LogP contribution in [0.2, 0.25) is 0 Å². The number of hydrogen-bond donors (Lipinski definition) is 0. The second-order valence-corrected chi connectivity index (χ2v) is 2.93. The van der Waals surface area contributed by atoms with Crippen LogP contribution in [0, 0.1) is 0 Å². The molecule has 0 aliphatic rings. The maximum absolute atomic E-state index is 3.92. The lowest BCUT2D eigenvalue weighted by molar-refractivity contribution is 0.837. The Bertz CT molecular complexity index is 231. The van der Waals surface area contributed by atoms with Crippen molar-refractivity contribution in [3.63, 3.8) is 0 Å². The van der Waals surface area contributed by atoms with Gasteiger partial charge in [0, 0.05) is 28.2 Å². The third kappa shape index (κ3) is 1.61. The molecule has 1 aromatic rings. The van der Waals surface area contributed by atoms with E-state index in [9.17, 15) is 0 Å². The summed E-state index contributed by atoms with van der Waals surface area (Å²) in [7, 11) is 7.76. The van der Waals surface area contributed by atoms with Crippen molar-refractivity contribution in [3.8, 4) is 0 Å². The minimum absolute atomic E-state index is 0.829. The highest BCUT2D eigenvalue weighted by molar-refractivity contribution is 5.63. The van der Waals surface area contributed by atoms with Crippen LogP contribution < -0.4 is 9.80 Å². The van der Waals surface area contributed by atoms with Crippen LogP contribution in [-0.2, 0) is 0 Å². The molecule has 66 valence electrons. The molecule has 1 aromatic heterocycles. The third-order valence-electron chi connectivity index (χ3n) is 1.51. The van der Waals surface area contributed by atoms with Gasteiger partial charge in [0.05, 0.1) is 6.20 Å². The van der Waals surface area contributed by atoms with Crippen molar-refractivity contribution >= 4 is 11.5 Å². The molecule has 12 heavy (non-hydrogen) atoms. The van der Waals surface area contributed by atoms with Gasteiger partial charge >= 0.3 is 0 Å². The molecule has 0 saturated heterocycles. The van der Waals surface area contributed by atoms with Gasteiger partial charge in [-0.05, 0) is 5.21 Å². The predicted octanol–water partition coefficient (Wildman–Crippen LogP) is 0.00360. The number of nitrogens with zero attached hydrogens (tertiary/aromatic N) is 5. The second-order valence-electron chi connectivity index (χ2n) is 2.93. The highest BCUT2D eigenvalue weighted by atomic mass is 15.4. The molecule has 0 aliphatic carbocycles. The van der Waals surface area contributed by atoms with Crippen molar-refractivity contribution in [2.75, 3.05) is 38.0 Å². The summed E-state index contributed by atoms with van der Waals surface area (Å²) in [6.45, 7) is 0. The van der Waals surface area contributed by atoms with E-state index >= 15 is 0 Å². The summed E-state index contributed by atoms with van der Waals surface area (Å²) in [4.78, 5) is 3.86. The van der Waals surface area contributed by atoms with E-state index in [1.54, 1.807) is 6.20 Å². The number of hydrogen-bond acceptors (Lipinski definition) is 5. The maximum Gasteiger partial charge on any atom is 0.177 e. The molecule has 0 fully saturated rings. The lowest BCUT2D eigenvalue weighted by Crippen LogP contribution is -2.19. The fourth-order valence-corrected chi connectivity index (χ4v) is 0.892. The van der Waals surface area contributed by atoms with E-state index < -0.39 is 0 Å². The number of rotatable bonds is 2. The predicted molar refractivity (Wildman–Crippen MR) is 48.5 cm³/mol. The van der Waals surface area contributed by atoms with Crippen LogP contribution in [0.5, 0.6) is 0 Å². The molecule has 0 saturated carbocycles. The van der Waals surface area contributed by atoms with Gasteiger partial charge in [0.15, 0.2) is 5.82 Å². The Morgan fingerprint density at radius 2 is 1.75 bits per heavy atom. The smallest absolute Gasteiger partial charge is 0.177 e. The summed E-state index contributed by atoms with van der Waals surface area (Å²) >= 11 is 0. The minimum Gasteiger partial charge on any atom is -0.373 e. The van der Waals surface area contributed by atoms with E-state index in [1.807, 2.05) is 38.0 Å². The fourth-order valence-electron chi connectivity index (χ4n) is 0.892. The zero-order chi connectivity index (χ0) is 9.14. The summed E-state index contributed by atoms with van der Waals surface area (Å²) in [5, 5.41) is 11.2. The first-order valence-electron chi connectivity index (χ1n) is 3.66. The van der Waals surface area contributed by atoms with Crippen molar-refractivity contribution < 1.29 is 0 Å². The summed E-state index contributed by atoms with van der Waals surface area (Å²) in [6.07, 6.45) is 1.70. The lowest BCUT2D eigenvalue weighted by Gasteiger charge is -2.18. The standard InChI is InChI=1S/C7H13N5/c1-11(2)6-5-8-10-9-7(6)12(3)4/h5H,1-4H3. The molecular formula is C7H13N5. The van der Waals surface area contributed by atoms with E-state index in [0.717, 1.165) is 11.5 Å². The van der Waals surface area contributed by atoms with Gasteiger partial charge in [0.2, 0.25) is 0 Å². The van der Waals surface area contributed by atoms with Crippen LogP contribution in [0.1, 0.15) is 0 Å². The van der Waals surface area contributed by atoms with E-state index in [4.69, 9.17) is 0 Å². The Morgan fingerprint density at radius 1 is 1.08 bits per heavy atom. The average molecular weight is 167 g/mol. The SMILES string of the molecule is CN(C)c1cnnnc1N(C)C. The van der Waals surface area contributed by atoms with Crippen molar-refractivity contribution in [1.29, 1.82) is 0 Å². The van der Waals surface area contributed by atoms with Gasteiger partial charge in [-0.25, -0.2) is 0 Å². The monoisotopic (exact) mass is 167 g/mol. The quantitative estimate of drug-likeness (QED) is 0.620. The lowest BCUT2D eigenvalue weighted by atomic mass is 10.4. The van der Waals surface area contributed by atoms with Crippen molar-refractivity contribution in [2.24, 2.45) is 0 Å². The molecule has 0 radical (unpaired) electrons. The fraction of sp³-hybridized carbons (Fsp3) is 0.571. The first kappa shape index (κ1) is 8.70. The van der Waals surface area contributed by atoms with Crippen LogP contribution in [0.25, 0.3) is 0 Å². The van der Waals surface area contributed by atoms with Crippen molar-refractivity contribution in [1.82, 2.24) is 15.4 Å². The molecule has 1 heterocycles. The molecule has 0 bridgehead atoms. The number of anilines is 2. The first-order valence-corrected chi connectivity index (χ1v) is 3.66. The van der Waals surface area contributed by atoms with E-state index in [-0.39, 0.29) is 0 Å². The van der Waals surface area contributed by atoms with Crippen molar-refractivity contribution in [2.45, 2.75) is 0 Å². The van der Waals surface area contributed by atoms with E-state index in [2.05, 4.69) is 15.4 Å². The third-order valence-corrected chi connectivity index (χ3v) is 1.51. The molecule has 0 atom stereocenters.